The highest BCUT2D eigenvalue weighted by molar-refractivity contribution is 6.05. The molecule has 0 radical (unpaired) electrons. The van der Waals surface area contributed by atoms with Crippen LogP contribution in [-0.2, 0) is 0 Å². The van der Waals surface area contributed by atoms with Crippen LogP contribution in [0.15, 0.2) is 36.4 Å². The third kappa shape index (κ3) is 3.17. The summed E-state index contributed by atoms with van der Waals surface area (Å²) in [4.78, 5) is 22.8. The summed E-state index contributed by atoms with van der Waals surface area (Å²) < 4.78 is 13.3. The van der Waals surface area contributed by atoms with Gasteiger partial charge in [-0.25, -0.2) is 9.18 Å². The van der Waals surface area contributed by atoms with Gasteiger partial charge in [-0.2, -0.15) is 0 Å². The number of hydrogen-bond donors (Lipinski definition) is 3. The normalized spacial score (nSPS) is 10.2. The van der Waals surface area contributed by atoms with E-state index >= 15 is 0 Å². The van der Waals surface area contributed by atoms with E-state index in [9.17, 15) is 19.1 Å². The average Bonchev–Trinajstić information content (AvgIpc) is 2.43. The van der Waals surface area contributed by atoms with Crippen molar-refractivity contribution in [1.29, 1.82) is 0 Å². The molecule has 21 heavy (non-hydrogen) atoms. The molecule has 0 aliphatic rings. The summed E-state index contributed by atoms with van der Waals surface area (Å²) in [6, 6.07) is 7.65. The topological polar surface area (TPSA) is 86.6 Å². The lowest BCUT2D eigenvalue weighted by atomic mass is 10.1. The van der Waals surface area contributed by atoms with Crippen LogP contribution in [0.2, 0.25) is 0 Å². The van der Waals surface area contributed by atoms with Crippen LogP contribution < -0.4 is 5.32 Å². The van der Waals surface area contributed by atoms with Crippen LogP contribution in [0.4, 0.5) is 10.1 Å². The standard InChI is InChI=1S/C15H12FNO4/c1-8-2-3-9(6-13(8)18)14(19)17-10-4-5-12(16)11(7-10)15(20)21/h2-7,18H,1H3,(H,17,19)(H,20,21). The van der Waals surface area contributed by atoms with E-state index in [0.29, 0.717) is 5.56 Å². The smallest absolute Gasteiger partial charge is 0.338 e. The first-order valence-corrected chi connectivity index (χ1v) is 6.02. The lowest BCUT2D eigenvalue weighted by Gasteiger charge is -2.08. The number of aryl methyl sites for hydroxylation is 1. The van der Waals surface area contributed by atoms with E-state index in [1.807, 2.05) is 0 Å². The highest BCUT2D eigenvalue weighted by Gasteiger charge is 2.13. The SMILES string of the molecule is Cc1ccc(C(=O)Nc2ccc(F)c(C(=O)O)c2)cc1O. The number of nitrogens with one attached hydrogen (secondary N) is 1. The minimum Gasteiger partial charge on any atom is -0.508 e. The minimum atomic E-state index is -1.42. The Balaban J connectivity index is 2.25. The monoisotopic (exact) mass is 289 g/mol. The summed E-state index contributed by atoms with van der Waals surface area (Å²) in [5.41, 5.74) is 0.458. The highest BCUT2D eigenvalue weighted by atomic mass is 19.1. The number of phenols is 1. The van der Waals surface area contributed by atoms with Crippen LogP contribution in [0.1, 0.15) is 26.3 Å². The number of anilines is 1. The number of aromatic hydroxyl groups is 1. The second kappa shape index (κ2) is 5.62. The Kier molecular flexibility index (Phi) is 3.89. The molecule has 0 aliphatic heterocycles. The Morgan fingerprint density at radius 2 is 1.86 bits per heavy atom. The number of aromatic carboxylic acids is 1. The first-order chi connectivity index (χ1) is 9.88. The fourth-order valence-corrected chi connectivity index (χ4v) is 1.72. The maximum Gasteiger partial charge on any atom is 0.338 e. The predicted molar refractivity (Wildman–Crippen MR) is 74.2 cm³/mol. The summed E-state index contributed by atoms with van der Waals surface area (Å²) in [6.07, 6.45) is 0. The first kappa shape index (κ1) is 14.5. The molecule has 5 nitrogen and oxygen atoms in total. The van der Waals surface area contributed by atoms with Gasteiger partial charge in [0.05, 0.1) is 5.56 Å². The molecule has 0 fully saturated rings. The lowest BCUT2D eigenvalue weighted by molar-refractivity contribution is 0.0691. The summed E-state index contributed by atoms with van der Waals surface area (Å²) >= 11 is 0. The zero-order chi connectivity index (χ0) is 15.6. The number of carbonyl (C=O) groups excluding carboxylic acids is 1. The van der Waals surface area contributed by atoms with E-state index in [0.717, 1.165) is 12.1 Å². The van der Waals surface area contributed by atoms with E-state index in [1.165, 1.54) is 18.2 Å². The van der Waals surface area contributed by atoms with Crippen LogP contribution in [0.25, 0.3) is 0 Å². The summed E-state index contributed by atoms with van der Waals surface area (Å²) in [5, 5.41) is 20.8. The van der Waals surface area contributed by atoms with E-state index in [1.54, 1.807) is 13.0 Å². The number of carbonyl (C=O) groups is 2. The molecule has 0 spiro atoms. The molecular weight excluding hydrogens is 277 g/mol. The fraction of sp³-hybridized carbons (Fsp3) is 0.0667. The van der Waals surface area contributed by atoms with Crippen molar-refractivity contribution in [3.8, 4) is 5.75 Å². The summed E-state index contributed by atoms with van der Waals surface area (Å²) in [6.45, 7) is 1.69. The van der Waals surface area contributed by atoms with Crippen molar-refractivity contribution in [2.75, 3.05) is 5.32 Å². The van der Waals surface area contributed by atoms with Crippen LogP contribution >= 0.6 is 0 Å². The molecule has 0 unspecified atom stereocenters. The van der Waals surface area contributed by atoms with Gasteiger partial charge in [0.1, 0.15) is 11.6 Å². The molecule has 2 rings (SSSR count). The fourth-order valence-electron chi connectivity index (χ4n) is 1.72. The predicted octanol–water partition coefficient (Wildman–Crippen LogP) is 2.79. The number of phenolic OH excluding ortho intramolecular Hbond substituents is 1. The number of benzene rings is 2. The third-order valence-electron chi connectivity index (χ3n) is 2.93. The van der Waals surface area contributed by atoms with Gasteiger partial charge in [0, 0.05) is 11.3 Å². The van der Waals surface area contributed by atoms with E-state index in [-0.39, 0.29) is 17.0 Å². The summed E-state index contributed by atoms with van der Waals surface area (Å²) in [7, 11) is 0. The molecule has 0 heterocycles. The molecule has 2 aromatic carbocycles. The van der Waals surface area contributed by atoms with Crippen LogP contribution in [-0.4, -0.2) is 22.1 Å². The van der Waals surface area contributed by atoms with Crippen molar-refractivity contribution in [3.63, 3.8) is 0 Å². The van der Waals surface area contributed by atoms with E-state index in [2.05, 4.69) is 5.32 Å². The Bertz CT molecular complexity index is 728. The molecule has 2 aromatic rings. The van der Waals surface area contributed by atoms with Crippen molar-refractivity contribution in [2.45, 2.75) is 6.92 Å². The molecule has 0 saturated carbocycles. The second-order valence-electron chi connectivity index (χ2n) is 4.46. The van der Waals surface area contributed by atoms with Gasteiger partial charge < -0.3 is 15.5 Å². The van der Waals surface area contributed by atoms with Crippen LogP contribution in [0.5, 0.6) is 5.75 Å². The highest BCUT2D eigenvalue weighted by Crippen LogP contribution is 2.19. The molecule has 0 aliphatic carbocycles. The van der Waals surface area contributed by atoms with Crippen molar-refractivity contribution < 1.29 is 24.2 Å². The Morgan fingerprint density at radius 1 is 1.14 bits per heavy atom. The maximum absolute atomic E-state index is 13.3. The van der Waals surface area contributed by atoms with Gasteiger partial charge in [-0.15, -0.1) is 0 Å². The Morgan fingerprint density at radius 3 is 2.48 bits per heavy atom. The Labute approximate surface area is 119 Å². The largest absolute Gasteiger partial charge is 0.508 e. The number of carboxylic acid groups (broad SMARTS) is 1. The molecule has 0 bridgehead atoms. The quantitative estimate of drug-likeness (QED) is 0.811. The average molecular weight is 289 g/mol. The zero-order valence-corrected chi connectivity index (χ0v) is 11.1. The molecule has 0 aromatic heterocycles. The molecule has 1 amide bonds. The molecule has 6 heteroatoms. The van der Waals surface area contributed by atoms with Gasteiger partial charge in [-0.05, 0) is 42.8 Å². The second-order valence-corrected chi connectivity index (χ2v) is 4.46. The molecule has 0 saturated heterocycles. The molecule has 3 N–H and O–H groups in total. The van der Waals surface area contributed by atoms with Gasteiger partial charge in [0.15, 0.2) is 0 Å². The lowest BCUT2D eigenvalue weighted by Crippen LogP contribution is -2.13. The summed E-state index contributed by atoms with van der Waals surface area (Å²) in [5.74, 6) is -2.86. The number of carboxylic acids is 1. The van der Waals surface area contributed by atoms with Gasteiger partial charge in [-0.3, -0.25) is 4.79 Å². The van der Waals surface area contributed by atoms with Crippen molar-refractivity contribution in [3.05, 3.63) is 58.9 Å². The van der Waals surface area contributed by atoms with Gasteiger partial charge in [0.25, 0.3) is 5.91 Å². The molecule has 0 atom stereocenters. The third-order valence-corrected chi connectivity index (χ3v) is 2.93. The van der Waals surface area contributed by atoms with Crippen molar-refractivity contribution in [2.24, 2.45) is 0 Å². The van der Waals surface area contributed by atoms with Crippen LogP contribution in [0.3, 0.4) is 0 Å². The molecular formula is C15H12FNO4. The zero-order valence-electron chi connectivity index (χ0n) is 11.1. The maximum atomic E-state index is 13.3. The first-order valence-electron chi connectivity index (χ1n) is 6.02. The Hall–Kier alpha value is -2.89. The van der Waals surface area contributed by atoms with E-state index < -0.39 is 23.3 Å². The number of hydrogen-bond acceptors (Lipinski definition) is 3. The van der Waals surface area contributed by atoms with Gasteiger partial charge in [0.2, 0.25) is 0 Å². The van der Waals surface area contributed by atoms with Crippen molar-refractivity contribution >= 4 is 17.6 Å². The molecule has 108 valence electrons. The minimum absolute atomic E-state index is 0.0204. The van der Waals surface area contributed by atoms with Gasteiger partial charge >= 0.3 is 5.97 Å². The van der Waals surface area contributed by atoms with Crippen LogP contribution in [0, 0.1) is 12.7 Å². The number of amides is 1. The van der Waals surface area contributed by atoms with Gasteiger partial charge in [-0.1, -0.05) is 6.07 Å². The van der Waals surface area contributed by atoms with E-state index in [4.69, 9.17) is 5.11 Å². The van der Waals surface area contributed by atoms with Crippen molar-refractivity contribution in [1.82, 2.24) is 0 Å². The number of rotatable bonds is 3. The number of halogens is 1.